The molecule has 1 aromatic rings. The molecule has 0 saturated carbocycles. The predicted octanol–water partition coefficient (Wildman–Crippen LogP) is 3.18. The number of amides is 1. The van der Waals surface area contributed by atoms with Gasteiger partial charge in [-0.3, -0.25) is 9.78 Å². The summed E-state index contributed by atoms with van der Waals surface area (Å²) < 4.78 is 1.19. The second kappa shape index (κ2) is 7.24. The molecule has 2 rings (SSSR count). The first-order chi connectivity index (χ1) is 9.63. The molecule has 4 nitrogen and oxygen atoms in total. The fourth-order valence-electron chi connectivity index (χ4n) is 2.76. The molecule has 0 spiro atoms. The zero-order valence-corrected chi connectivity index (χ0v) is 14.4. The van der Waals surface area contributed by atoms with Gasteiger partial charge in [0.1, 0.15) is 0 Å². The zero-order chi connectivity index (χ0) is 14.5. The number of carbonyl (C=O) groups excluding carboxylic acids is 1. The topological polar surface area (TPSA) is 45.2 Å². The number of alkyl halides is 1. The molecule has 110 valence electrons. The van der Waals surface area contributed by atoms with Gasteiger partial charge in [0.2, 0.25) is 5.91 Å². The number of carbonyl (C=O) groups is 1. The number of halogens is 1. The molecule has 0 radical (unpaired) electrons. The van der Waals surface area contributed by atoms with Crippen LogP contribution < -0.4 is 10.2 Å². The first kappa shape index (κ1) is 15.5. The van der Waals surface area contributed by atoms with Crippen LogP contribution in [-0.2, 0) is 17.6 Å². The number of hydrogen-bond acceptors (Lipinski definition) is 3. The number of anilines is 2. The van der Waals surface area contributed by atoms with Crippen LogP contribution in [0.25, 0.3) is 0 Å². The van der Waals surface area contributed by atoms with Gasteiger partial charge in [0.05, 0.1) is 17.6 Å². The highest BCUT2D eigenvalue weighted by molar-refractivity contribution is 14.1. The Morgan fingerprint density at radius 3 is 2.95 bits per heavy atom. The van der Waals surface area contributed by atoms with Gasteiger partial charge in [-0.25, -0.2) is 0 Å². The lowest BCUT2D eigenvalue weighted by Crippen LogP contribution is -2.23. The predicted molar refractivity (Wildman–Crippen MR) is 92.0 cm³/mol. The summed E-state index contributed by atoms with van der Waals surface area (Å²) >= 11 is 2.42. The summed E-state index contributed by atoms with van der Waals surface area (Å²) in [7, 11) is 2.12. The van der Waals surface area contributed by atoms with Crippen molar-refractivity contribution in [2.45, 2.75) is 39.0 Å². The molecule has 5 heteroatoms. The van der Waals surface area contributed by atoms with Gasteiger partial charge in [0.25, 0.3) is 0 Å². The Morgan fingerprint density at radius 2 is 2.25 bits per heavy atom. The smallest absolute Gasteiger partial charge is 0.221 e. The van der Waals surface area contributed by atoms with E-state index in [4.69, 9.17) is 0 Å². The van der Waals surface area contributed by atoms with Gasteiger partial charge in [-0.1, -0.05) is 22.6 Å². The molecule has 1 aromatic heterocycles. The fraction of sp³-hybridized carbons (Fsp3) is 0.600. The van der Waals surface area contributed by atoms with Crippen LogP contribution in [0.2, 0.25) is 0 Å². The summed E-state index contributed by atoms with van der Waals surface area (Å²) in [6.45, 7) is 2.57. The van der Waals surface area contributed by atoms with Crippen LogP contribution >= 0.6 is 22.6 Å². The van der Waals surface area contributed by atoms with E-state index in [1.807, 2.05) is 6.20 Å². The van der Waals surface area contributed by atoms with Crippen LogP contribution in [0.1, 0.15) is 37.4 Å². The van der Waals surface area contributed by atoms with Gasteiger partial charge >= 0.3 is 0 Å². The number of fused-ring (bicyclic) bond motifs is 1. The van der Waals surface area contributed by atoms with Gasteiger partial charge < -0.3 is 10.2 Å². The number of aryl methyl sites for hydroxylation is 1. The normalized spacial score (nSPS) is 13.2. The first-order valence-electron chi connectivity index (χ1n) is 7.19. The second-order valence-corrected chi connectivity index (χ2v) is 6.38. The molecule has 0 aliphatic heterocycles. The van der Waals surface area contributed by atoms with Gasteiger partial charge in [0.15, 0.2) is 0 Å². The van der Waals surface area contributed by atoms with Crippen LogP contribution in [-0.4, -0.2) is 28.9 Å². The van der Waals surface area contributed by atoms with E-state index in [1.54, 1.807) is 6.92 Å². The van der Waals surface area contributed by atoms with Crippen molar-refractivity contribution in [2.24, 2.45) is 0 Å². The lowest BCUT2D eigenvalue weighted by molar-refractivity contribution is -0.114. The maximum atomic E-state index is 11.4. The highest BCUT2D eigenvalue weighted by atomic mass is 127. The number of unbranched alkanes of at least 4 members (excludes halogenated alkanes) is 1. The summed E-state index contributed by atoms with van der Waals surface area (Å²) in [5.41, 5.74) is 4.56. The molecule has 20 heavy (non-hydrogen) atoms. The monoisotopic (exact) mass is 387 g/mol. The molecule has 0 unspecified atom stereocenters. The highest BCUT2D eigenvalue weighted by Gasteiger charge is 2.22. The van der Waals surface area contributed by atoms with E-state index >= 15 is 0 Å². The number of nitrogens with one attached hydrogen (secondary N) is 1. The molecule has 0 saturated heterocycles. The third kappa shape index (κ3) is 3.62. The molecule has 0 bridgehead atoms. The standard InChI is InChI=1S/C15H22IN3O/c1-11(20)18-14-10-17-13-7-5-6-12(13)15(14)19(2)9-4-3-8-16/h10H,3-9H2,1-2H3,(H,18,20). The van der Waals surface area contributed by atoms with Gasteiger partial charge in [0, 0.05) is 26.2 Å². The van der Waals surface area contributed by atoms with Crippen molar-refractivity contribution < 1.29 is 4.79 Å². The van der Waals surface area contributed by atoms with E-state index in [0.717, 1.165) is 25.1 Å². The van der Waals surface area contributed by atoms with Crippen LogP contribution in [0.15, 0.2) is 6.20 Å². The van der Waals surface area contributed by atoms with Crippen molar-refractivity contribution in [1.29, 1.82) is 0 Å². The van der Waals surface area contributed by atoms with Gasteiger partial charge in [-0.15, -0.1) is 0 Å². The molecule has 0 aromatic carbocycles. The number of hydrogen-bond donors (Lipinski definition) is 1. The number of nitrogens with zero attached hydrogens (tertiary/aromatic N) is 2. The van der Waals surface area contributed by atoms with Crippen LogP contribution in [0.5, 0.6) is 0 Å². The van der Waals surface area contributed by atoms with Crippen molar-refractivity contribution in [3.05, 3.63) is 17.5 Å². The van der Waals surface area contributed by atoms with Crippen molar-refractivity contribution in [3.63, 3.8) is 0 Å². The molecule has 1 N–H and O–H groups in total. The average Bonchev–Trinajstić information content (AvgIpc) is 2.86. The maximum Gasteiger partial charge on any atom is 0.221 e. The minimum absolute atomic E-state index is 0.0355. The number of pyridine rings is 1. The lowest BCUT2D eigenvalue weighted by atomic mass is 10.1. The molecule has 0 atom stereocenters. The molecule has 1 aliphatic carbocycles. The average molecular weight is 387 g/mol. The Morgan fingerprint density at radius 1 is 1.45 bits per heavy atom. The molecule has 0 fully saturated rings. The Bertz CT molecular complexity index is 490. The lowest BCUT2D eigenvalue weighted by Gasteiger charge is -2.25. The SMILES string of the molecule is CC(=O)Nc1cnc2c(c1N(C)CCCCI)CCC2. The van der Waals surface area contributed by atoms with Gasteiger partial charge in [-0.2, -0.15) is 0 Å². The van der Waals surface area contributed by atoms with Crippen LogP contribution in [0.4, 0.5) is 11.4 Å². The molecule has 1 heterocycles. The van der Waals surface area contributed by atoms with Crippen LogP contribution in [0.3, 0.4) is 0 Å². The van der Waals surface area contributed by atoms with Crippen LogP contribution in [0, 0.1) is 0 Å². The quantitative estimate of drug-likeness (QED) is 0.463. The fourth-order valence-corrected chi connectivity index (χ4v) is 3.30. The molecule has 1 aliphatic rings. The Hall–Kier alpha value is -0.850. The van der Waals surface area contributed by atoms with E-state index < -0.39 is 0 Å². The minimum Gasteiger partial charge on any atom is -0.373 e. The maximum absolute atomic E-state index is 11.4. The third-order valence-electron chi connectivity index (χ3n) is 3.65. The summed E-state index contributed by atoms with van der Waals surface area (Å²) in [6.07, 6.45) is 7.52. The second-order valence-electron chi connectivity index (χ2n) is 5.30. The highest BCUT2D eigenvalue weighted by Crippen LogP contribution is 2.35. The summed E-state index contributed by atoms with van der Waals surface area (Å²) in [4.78, 5) is 18.2. The van der Waals surface area contributed by atoms with Crippen molar-refractivity contribution in [2.75, 3.05) is 28.2 Å². The minimum atomic E-state index is -0.0355. The summed E-state index contributed by atoms with van der Waals surface area (Å²) in [5, 5.41) is 2.93. The van der Waals surface area contributed by atoms with E-state index in [0.29, 0.717) is 0 Å². The molecular weight excluding hydrogens is 365 g/mol. The van der Waals surface area contributed by atoms with E-state index in [-0.39, 0.29) is 5.91 Å². The van der Waals surface area contributed by atoms with Gasteiger partial charge in [-0.05, 0) is 42.1 Å². The van der Waals surface area contributed by atoms with Crippen molar-refractivity contribution in [3.8, 4) is 0 Å². The van der Waals surface area contributed by atoms with E-state index in [1.165, 1.54) is 40.6 Å². The van der Waals surface area contributed by atoms with E-state index in [2.05, 4.69) is 44.8 Å². The number of rotatable bonds is 6. The Balaban J connectivity index is 2.27. The third-order valence-corrected chi connectivity index (χ3v) is 4.41. The summed E-state index contributed by atoms with van der Waals surface area (Å²) in [5.74, 6) is -0.0355. The number of aromatic nitrogens is 1. The Kier molecular flexibility index (Phi) is 5.63. The van der Waals surface area contributed by atoms with E-state index in [9.17, 15) is 4.79 Å². The largest absolute Gasteiger partial charge is 0.373 e. The first-order valence-corrected chi connectivity index (χ1v) is 8.71. The van der Waals surface area contributed by atoms with Crippen molar-refractivity contribution in [1.82, 2.24) is 4.98 Å². The zero-order valence-electron chi connectivity index (χ0n) is 12.2. The molecule has 1 amide bonds. The molecular formula is C15H22IN3O. The van der Waals surface area contributed by atoms with Crippen molar-refractivity contribution >= 4 is 39.9 Å². The Labute approximate surface area is 134 Å². The summed E-state index contributed by atoms with van der Waals surface area (Å²) in [6, 6.07) is 0.